The molecule has 0 aliphatic carbocycles. The summed E-state index contributed by atoms with van der Waals surface area (Å²) >= 11 is 0. The van der Waals surface area contributed by atoms with E-state index in [-0.39, 0.29) is 22.2 Å². The summed E-state index contributed by atoms with van der Waals surface area (Å²) in [6.07, 6.45) is 0. The molecule has 0 fully saturated rings. The summed E-state index contributed by atoms with van der Waals surface area (Å²) in [5.74, 6) is 0.880. The molecule has 0 aliphatic heterocycles. The van der Waals surface area contributed by atoms with Crippen molar-refractivity contribution in [3.8, 4) is 5.75 Å². The molecule has 0 N–H and O–H groups in total. The zero-order valence-corrected chi connectivity index (χ0v) is 24.2. The van der Waals surface area contributed by atoms with Crippen molar-refractivity contribution in [1.29, 1.82) is 0 Å². The number of aryl methyl sites for hydroxylation is 6. The maximum absolute atomic E-state index is 11.9. The first kappa shape index (κ1) is 29.4. The van der Waals surface area contributed by atoms with E-state index in [2.05, 4.69) is 80.4 Å². The van der Waals surface area contributed by atoms with Crippen LogP contribution < -0.4 is 5.11 Å². The molecular formula is C27H39BN6NiO. The van der Waals surface area contributed by atoms with Gasteiger partial charge in [-0.1, -0.05) is 57.0 Å². The summed E-state index contributed by atoms with van der Waals surface area (Å²) in [6, 6.07) is 12.1. The third-order valence-corrected chi connectivity index (χ3v) is 6.43. The molecule has 0 atom stereocenters. The fraction of sp³-hybridized carbons (Fsp3) is 0.444. The number of hydrogen-bond donors (Lipinski definition) is 0. The summed E-state index contributed by atoms with van der Waals surface area (Å²) in [7, 11) is -1.26. The van der Waals surface area contributed by atoms with Gasteiger partial charge in [0.15, 0.2) is 0 Å². The smallest absolute Gasteiger partial charge is 0.872 e. The quantitative estimate of drug-likeness (QED) is 0.346. The Morgan fingerprint density at radius 1 is 0.639 bits per heavy atom. The number of benzene rings is 1. The summed E-state index contributed by atoms with van der Waals surface area (Å²) < 4.78 is 6.19. The molecule has 0 amide bonds. The van der Waals surface area contributed by atoms with E-state index in [1.165, 1.54) is 0 Å². The Balaban J connectivity index is 0.000000281. The van der Waals surface area contributed by atoms with E-state index in [4.69, 9.17) is 15.3 Å². The summed E-state index contributed by atoms with van der Waals surface area (Å²) in [4.78, 5) is 0. The fourth-order valence-electron chi connectivity index (χ4n) is 4.75. The molecule has 0 radical (unpaired) electrons. The van der Waals surface area contributed by atoms with Crippen molar-refractivity contribution in [2.24, 2.45) is 0 Å². The Kier molecular flexibility index (Phi) is 9.78. The second kappa shape index (κ2) is 12.0. The molecule has 0 saturated heterocycles. The van der Waals surface area contributed by atoms with Crippen molar-refractivity contribution in [3.05, 3.63) is 81.7 Å². The summed E-state index contributed by atoms with van der Waals surface area (Å²) in [6.45, 7) is 20.5. The minimum absolute atomic E-state index is 0. The van der Waals surface area contributed by atoms with Crippen molar-refractivity contribution < 1.29 is 21.6 Å². The van der Waals surface area contributed by atoms with Crippen molar-refractivity contribution >= 4 is 7.12 Å². The van der Waals surface area contributed by atoms with Crippen LogP contribution in [-0.4, -0.2) is 36.2 Å². The first-order chi connectivity index (χ1) is 16.4. The molecule has 4 aromatic rings. The largest absolute Gasteiger partial charge is 2.00 e. The first-order valence-electron chi connectivity index (χ1n) is 12.5. The standard InChI is InChI=1S/C15H22BN6.C12H18O.Ni/c1-10-7-13(4)20(17-10)16(21-14(5)8-11(2)18-21)22-15(6)9-12(3)19-22;1-8(2)10-6-5-7-11(9(3)4)12(10)13;/h7-9,16H,1-6H3;5-9,13H,1-4H3;/q-1;;+2/p-1. The van der Waals surface area contributed by atoms with Crippen LogP contribution in [0.1, 0.15) is 84.8 Å². The first-order valence-corrected chi connectivity index (χ1v) is 12.5. The second-order valence-electron chi connectivity index (χ2n) is 10.3. The Labute approximate surface area is 226 Å². The molecule has 0 aliphatic rings. The molecular weight excluding hydrogens is 494 g/mol. The van der Waals surface area contributed by atoms with Gasteiger partial charge in [-0.25, -0.2) is 15.3 Å². The van der Waals surface area contributed by atoms with Crippen LogP contribution in [0.5, 0.6) is 5.75 Å². The summed E-state index contributed by atoms with van der Waals surface area (Å²) in [5, 5.41) is 25.9. The Hall–Kier alpha value is -2.79. The zero-order chi connectivity index (χ0) is 26.0. The predicted molar refractivity (Wildman–Crippen MR) is 143 cm³/mol. The van der Waals surface area contributed by atoms with E-state index in [1.54, 1.807) is 0 Å². The minimum Gasteiger partial charge on any atom is -0.872 e. The van der Waals surface area contributed by atoms with E-state index < -0.39 is 7.12 Å². The van der Waals surface area contributed by atoms with Crippen LogP contribution in [0.25, 0.3) is 0 Å². The monoisotopic (exact) mass is 532 g/mol. The SMILES string of the molecule is CC(C)c1cccc(C(C)C)c1[O-].Cc1cc(C)n([BH-](n2nc(C)cc2C)n2nc(C)cc2C)n1.[Ni+2]. The topological polar surface area (TPSA) is 76.5 Å². The molecule has 3 aromatic heterocycles. The van der Waals surface area contributed by atoms with E-state index in [9.17, 15) is 5.11 Å². The van der Waals surface area contributed by atoms with Crippen LogP contribution in [0.3, 0.4) is 0 Å². The third kappa shape index (κ3) is 6.30. The Morgan fingerprint density at radius 3 is 1.17 bits per heavy atom. The van der Waals surface area contributed by atoms with Crippen molar-refractivity contribution in [3.63, 3.8) is 0 Å². The van der Waals surface area contributed by atoms with Crippen LogP contribution in [0, 0.1) is 41.5 Å². The molecule has 0 unspecified atom stereocenters. The van der Waals surface area contributed by atoms with E-state index in [1.807, 2.05) is 39.0 Å². The van der Waals surface area contributed by atoms with E-state index in [0.29, 0.717) is 11.8 Å². The number of nitrogens with zero attached hydrogens (tertiary/aromatic N) is 6. The molecule has 7 nitrogen and oxygen atoms in total. The number of para-hydroxylation sites is 1. The number of hydrogen-bond acceptors (Lipinski definition) is 4. The van der Waals surface area contributed by atoms with Crippen LogP contribution >= 0.6 is 0 Å². The minimum atomic E-state index is -1.26. The van der Waals surface area contributed by atoms with Gasteiger partial charge in [0, 0.05) is 0 Å². The van der Waals surface area contributed by atoms with Gasteiger partial charge >= 0.3 is 23.6 Å². The Morgan fingerprint density at radius 2 is 0.944 bits per heavy atom. The molecule has 196 valence electrons. The van der Waals surface area contributed by atoms with Crippen LogP contribution in [0.2, 0.25) is 0 Å². The zero-order valence-electron chi connectivity index (χ0n) is 23.2. The second-order valence-corrected chi connectivity index (χ2v) is 10.3. The molecule has 4 rings (SSSR count). The van der Waals surface area contributed by atoms with Gasteiger partial charge in [0.05, 0.1) is 17.1 Å². The van der Waals surface area contributed by atoms with Crippen LogP contribution in [0.4, 0.5) is 0 Å². The van der Waals surface area contributed by atoms with Gasteiger partial charge in [0.25, 0.3) is 0 Å². The Bertz CT molecular complexity index is 1170. The fourth-order valence-corrected chi connectivity index (χ4v) is 4.75. The van der Waals surface area contributed by atoms with Crippen LogP contribution in [-0.2, 0) is 16.5 Å². The average Bonchev–Trinajstić information content (AvgIpc) is 3.38. The van der Waals surface area contributed by atoms with Gasteiger partial charge in [0.2, 0.25) is 0 Å². The maximum atomic E-state index is 11.9. The van der Waals surface area contributed by atoms with E-state index in [0.717, 1.165) is 45.3 Å². The van der Waals surface area contributed by atoms with Gasteiger partial charge in [-0.15, -0.1) is 5.75 Å². The average molecular weight is 533 g/mol. The number of aromatic nitrogens is 6. The molecule has 36 heavy (non-hydrogen) atoms. The normalized spacial score (nSPS) is 11.1. The maximum Gasteiger partial charge on any atom is 2.00 e. The van der Waals surface area contributed by atoms with Gasteiger partial charge in [-0.3, -0.25) is 0 Å². The molecule has 0 saturated carbocycles. The molecule has 0 bridgehead atoms. The molecule has 9 heteroatoms. The number of rotatable bonds is 5. The van der Waals surface area contributed by atoms with E-state index >= 15 is 0 Å². The molecule has 3 heterocycles. The summed E-state index contributed by atoms with van der Waals surface area (Å²) in [5.41, 5.74) is 8.28. The van der Waals surface area contributed by atoms with Crippen molar-refractivity contribution in [2.45, 2.75) is 81.1 Å². The van der Waals surface area contributed by atoms with Gasteiger partial charge < -0.3 is 18.9 Å². The van der Waals surface area contributed by atoms with Crippen LogP contribution in [0.15, 0.2) is 36.4 Å². The van der Waals surface area contributed by atoms with Gasteiger partial charge in [-0.2, -0.15) is 0 Å². The predicted octanol–water partition coefficient (Wildman–Crippen LogP) is 4.79. The third-order valence-electron chi connectivity index (χ3n) is 6.43. The van der Waals surface area contributed by atoms with Gasteiger partial charge in [0.1, 0.15) is 0 Å². The molecule has 1 aromatic carbocycles. The van der Waals surface area contributed by atoms with Crippen molar-refractivity contribution in [1.82, 2.24) is 29.1 Å². The van der Waals surface area contributed by atoms with Crippen molar-refractivity contribution in [2.75, 3.05) is 0 Å². The molecule has 0 spiro atoms. The van der Waals surface area contributed by atoms with Gasteiger partial charge in [-0.05, 0) is 88.7 Å².